The van der Waals surface area contributed by atoms with Gasteiger partial charge in [-0.25, -0.2) is 4.79 Å². The second kappa shape index (κ2) is 9.77. The number of alkyl halides is 2. The van der Waals surface area contributed by atoms with E-state index in [-0.39, 0.29) is 11.3 Å². The molecule has 0 aliphatic heterocycles. The van der Waals surface area contributed by atoms with Crippen molar-refractivity contribution in [1.82, 2.24) is 5.48 Å². The SMILES string of the molecule is CCNOC(=O)c1ccccc1.ClCCl. The summed E-state index contributed by atoms with van der Waals surface area (Å²) in [6.45, 7) is 2.47. The summed E-state index contributed by atoms with van der Waals surface area (Å²) in [5, 5.41) is 0.194. The molecule has 0 aliphatic rings. The van der Waals surface area contributed by atoms with Gasteiger partial charge in [0.2, 0.25) is 0 Å². The molecule has 5 heteroatoms. The summed E-state index contributed by atoms with van der Waals surface area (Å²) in [5.41, 5.74) is 3.05. The molecule has 0 atom stereocenters. The number of hydroxylamine groups is 1. The third kappa shape index (κ3) is 7.19. The van der Waals surface area contributed by atoms with Gasteiger partial charge < -0.3 is 4.84 Å². The fraction of sp³-hybridized carbons (Fsp3) is 0.300. The van der Waals surface area contributed by atoms with Crippen LogP contribution in [-0.4, -0.2) is 17.9 Å². The predicted octanol–water partition coefficient (Wildman–Crippen LogP) is 2.79. The first-order valence-electron chi connectivity index (χ1n) is 4.37. The van der Waals surface area contributed by atoms with Gasteiger partial charge in [0, 0.05) is 6.54 Å². The van der Waals surface area contributed by atoms with Crippen molar-refractivity contribution < 1.29 is 9.63 Å². The Labute approximate surface area is 99.3 Å². The fourth-order valence-electron chi connectivity index (χ4n) is 0.771. The average Bonchev–Trinajstić information content (AvgIpc) is 2.28. The van der Waals surface area contributed by atoms with E-state index in [0.717, 1.165) is 0 Å². The molecule has 0 amide bonds. The number of halogens is 2. The van der Waals surface area contributed by atoms with Crippen LogP contribution in [0.3, 0.4) is 0 Å². The molecule has 0 radical (unpaired) electrons. The van der Waals surface area contributed by atoms with Crippen molar-refractivity contribution >= 4 is 29.2 Å². The van der Waals surface area contributed by atoms with Crippen molar-refractivity contribution in [3.8, 4) is 0 Å². The van der Waals surface area contributed by atoms with Gasteiger partial charge in [-0.05, 0) is 19.1 Å². The number of benzene rings is 1. The Kier molecular flexibility index (Phi) is 9.27. The van der Waals surface area contributed by atoms with Gasteiger partial charge in [0.1, 0.15) is 0 Å². The van der Waals surface area contributed by atoms with Crippen molar-refractivity contribution in [2.45, 2.75) is 6.92 Å². The number of hydrogen-bond acceptors (Lipinski definition) is 3. The lowest BCUT2D eigenvalue weighted by Gasteiger charge is -2.01. The number of rotatable bonds is 3. The van der Waals surface area contributed by atoms with Gasteiger partial charge in [-0.2, -0.15) is 5.48 Å². The molecule has 0 bridgehead atoms. The fourth-order valence-corrected chi connectivity index (χ4v) is 0.771. The molecular formula is C10H13Cl2NO2. The Balaban J connectivity index is 0.000000583. The van der Waals surface area contributed by atoms with E-state index >= 15 is 0 Å². The normalized spacial score (nSPS) is 8.73. The molecule has 1 aromatic carbocycles. The summed E-state index contributed by atoms with van der Waals surface area (Å²) < 4.78 is 0. The molecule has 0 spiro atoms. The summed E-state index contributed by atoms with van der Waals surface area (Å²) in [7, 11) is 0. The standard InChI is InChI=1S/C9H11NO2.CH2Cl2/c1-2-10-12-9(11)8-6-4-3-5-7-8;2-1-3/h3-7,10H,2H2,1H3;1H2. The van der Waals surface area contributed by atoms with Crippen LogP contribution in [0.15, 0.2) is 30.3 Å². The highest BCUT2D eigenvalue weighted by Crippen LogP contribution is 1.99. The van der Waals surface area contributed by atoms with Crippen LogP contribution in [0.2, 0.25) is 0 Å². The lowest BCUT2D eigenvalue weighted by atomic mass is 10.2. The Morgan fingerprint density at radius 2 is 1.87 bits per heavy atom. The monoisotopic (exact) mass is 249 g/mol. The maximum absolute atomic E-state index is 11.1. The number of carbonyl (C=O) groups excluding carboxylic acids is 1. The highest BCUT2D eigenvalue weighted by atomic mass is 35.5. The number of nitrogens with one attached hydrogen (secondary N) is 1. The first kappa shape index (κ1) is 14.2. The van der Waals surface area contributed by atoms with Crippen molar-refractivity contribution in [2.75, 3.05) is 11.9 Å². The third-order valence-corrected chi connectivity index (χ3v) is 1.32. The van der Waals surface area contributed by atoms with Crippen LogP contribution in [0.1, 0.15) is 17.3 Å². The smallest absolute Gasteiger partial charge is 0.356 e. The van der Waals surface area contributed by atoms with E-state index in [0.29, 0.717) is 12.1 Å². The highest BCUT2D eigenvalue weighted by molar-refractivity contribution is 6.40. The molecule has 1 rings (SSSR count). The van der Waals surface area contributed by atoms with E-state index in [1.807, 2.05) is 13.0 Å². The summed E-state index contributed by atoms with van der Waals surface area (Å²) in [4.78, 5) is 15.8. The Bertz CT molecular complexity index is 267. The quantitative estimate of drug-likeness (QED) is 0.662. The topological polar surface area (TPSA) is 38.3 Å². The average molecular weight is 250 g/mol. The minimum atomic E-state index is -0.350. The molecule has 1 aromatic rings. The molecule has 0 saturated heterocycles. The lowest BCUT2D eigenvalue weighted by molar-refractivity contribution is 0.0266. The van der Waals surface area contributed by atoms with Crippen LogP contribution >= 0.6 is 23.2 Å². The molecule has 0 aliphatic carbocycles. The Hall–Kier alpha value is -0.770. The van der Waals surface area contributed by atoms with Crippen LogP contribution in [-0.2, 0) is 4.84 Å². The zero-order valence-corrected chi connectivity index (χ0v) is 9.89. The van der Waals surface area contributed by atoms with Gasteiger partial charge in [-0.15, -0.1) is 23.2 Å². The maximum atomic E-state index is 11.1. The molecule has 0 aromatic heterocycles. The summed E-state index contributed by atoms with van der Waals surface area (Å²) in [5.74, 6) is -0.350. The van der Waals surface area contributed by atoms with Gasteiger partial charge >= 0.3 is 5.97 Å². The van der Waals surface area contributed by atoms with Crippen LogP contribution in [0.25, 0.3) is 0 Å². The van der Waals surface area contributed by atoms with E-state index in [2.05, 4.69) is 10.3 Å². The van der Waals surface area contributed by atoms with Crippen LogP contribution in [0, 0.1) is 0 Å². The van der Waals surface area contributed by atoms with E-state index in [4.69, 9.17) is 23.2 Å². The number of carbonyl (C=O) groups is 1. The minimum Gasteiger partial charge on any atom is -0.367 e. The van der Waals surface area contributed by atoms with Gasteiger partial charge in [-0.1, -0.05) is 18.2 Å². The van der Waals surface area contributed by atoms with Gasteiger partial charge in [0.05, 0.1) is 10.9 Å². The summed E-state index contributed by atoms with van der Waals surface area (Å²) >= 11 is 9.53. The van der Waals surface area contributed by atoms with Crippen molar-refractivity contribution in [2.24, 2.45) is 0 Å². The zero-order valence-electron chi connectivity index (χ0n) is 8.37. The van der Waals surface area contributed by atoms with E-state index in [1.54, 1.807) is 24.3 Å². The first-order chi connectivity index (χ1) is 7.26. The predicted molar refractivity (Wildman–Crippen MR) is 62.1 cm³/mol. The van der Waals surface area contributed by atoms with Crippen molar-refractivity contribution in [1.29, 1.82) is 0 Å². The molecule has 15 heavy (non-hydrogen) atoms. The van der Waals surface area contributed by atoms with Crippen LogP contribution in [0.5, 0.6) is 0 Å². The summed E-state index contributed by atoms with van der Waals surface area (Å²) in [6, 6.07) is 8.86. The van der Waals surface area contributed by atoms with Crippen LogP contribution < -0.4 is 5.48 Å². The molecule has 0 unspecified atom stereocenters. The maximum Gasteiger partial charge on any atom is 0.356 e. The van der Waals surface area contributed by atoms with Crippen LogP contribution in [0.4, 0.5) is 0 Å². The molecule has 0 heterocycles. The Morgan fingerprint density at radius 1 is 1.33 bits per heavy atom. The Morgan fingerprint density at radius 3 is 2.33 bits per heavy atom. The lowest BCUT2D eigenvalue weighted by Crippen LogP contribution is -2.19. The molecule has 3 nitrogen and oxygen atoms in total. The molecule has 0 saturated carbocycles. The summed E-state index contributed by atoms with van der Waals surface area (Å²) in [6.07, 6.45) is 0. The first-order valence-corrected chi connectivity index (χ1v) is 5.44. The molecule has 0 fully saturated rings. The zero-order chi connectivity index (χ0) is 11.5. The van der Waals surface area contributed by atoms with Crippen molar-refractivity contribution in [3.05, 3.63) is 35.9 Å². The molecular weight excluding hydrogens is 237 g/mol. The van der Waals surface area contributed by atoms with E-state index < -0.39 is 0 Å². The molecule has 84 valence electrons. The van der Waals surface area contributed by atoms with Gasteiger partial charge in [0.15, 0.2) is 0 Å². The van der Waals surface area contributed by atoms with E-state index in [1.165, 1.54) is 0 Å². The highest BCUT2D eigenvalue weighted by Gasteiger charge is 2.03. The third-order valence-electron chi connectivity index (χ3n) is 1.32. The second-order valence-electron chi connectivity index (χ2n) is 2.35. The minimum absolute atomic E-state index is 0.194. The van der Waals surface area contributed by atoms with Crippen molar-refractivity contribution in [3.63, 3.8) is 0 Å². The largest absolute Gasteiger partial charge is 0.367 e. The second-order valence-corrected chi connectivity index (χ2v) is 3.16. The van der Waals surface area contributed by atoms with E-state index in [9.17, 15) is 4.79 Å². The molecule has 1 N–H and O–H groups in total. The number of hydrogen-bond donors (Lipinski definition) is 1. The van der Waals surface area contributed by atoms with Gasteiger partial charge in [0.25, 0.3) is 0 Å². The van der Waals surface area contributed by atoms with Gasteiger partial charge in [-0.3, -0.25) is 0 Å².